The van der Waals surface area contributed by atoms with E-state index in [-0.39, 0.29) is 0 Å². The lowest BCUT2D eigenvalue weighted by Gasteiger charge is -2.38. The number of thiophene rings is 1. The molecule has 1 aromatic heterocycles. The third kappa shape index (κ3) is 2.44. The van der Waals surface area contributed by atoms with Crippen molar-refractivity contribution < 1.29 is 4.74 Å². The van der Waals surface area contributed by atoms with Gasteiger partial charge >= 0.3 is 0 Å². The lowest BCUT2D eigenvalue weighted by Crippen LogP contribution is -2.37. The molecule has 0 saturated heterocycles. The lowest BCUT2D eigenvalue weighted by atomic mass is 9.70. The fourth-order valence-electron chi connectivity index (χ4n) is 4.24. The van der Waals surface area contributed by atoms with E-state index in [0.29, 0.717) is 23.5 Å². The highest BCUT2D eigenvalue weighted by Crippen LogP contribution is 2.66. The second-order valence-corrected chi connectivity index (χ2v) is 8.21. The van der Waals surface area contributed by atoms with Gasteiger partial charge in [-0.1, -0.05) is 32.6 Å². The van der Waals surface area contributed by atoms with Crippen LogP contribution in [0.1, 0.15) is 50.5 Å². The number of hydrogen-bond donors (Lipinski definition) is 1. The van der Waals surface area contributed by atoms with E-state index in [0.717, 1.165) is 18.1 Å². The zero-order valence-corrected chi connectivity index (χ0v) is 14.1. The third-order valence-electron chi connectivity index (χ3n) is 6.13. The van der Waals surface area contributed by atoms with Gasteiger partial charge in [-0.05, 0) is 42.1 Å². The molecule has 3 rings (SSSR count). The highest BCUT2D eigenvalue weighted by atomic mass is 32.1. The first-order chi connectivity index (χ1) is 9.97. The van der Waals surface area contributed by atoms with E-state index < -0.39 is 0 Å². The molecular weight excluding hydrogens is 278 g/mol. The fourth-order valence-corrected chi connectivity index (χ4v) is 4.98. The van der Waals surface area contributed by atoms with Gasteiger partial charge < -0.3 is 10.5 Å². The second kappa shape index (κ2) is 5.43. The Hall–Kier alpha value is -0.820. The molecule has 3 unspecified atom stereocenters. The molecule has 2 saturated carbocycles. The predicted octanol–water partition coefficient (Wildman–Crippen LogP) is 3.79. The average Bonchev–Trinajstić information content (AvgIpc) is 3.04. The minimum Gasteiger partial charge on any atom is -0.372 e. The van der Waals surface area contributed by atoms with Gasteiger partial charge in [0.1, 0.15) is 0 Å². The minimum atomic E-state index is 0.344. The highest BCUT2D eigenvalue weighted by molar-refractivity contribution is 7.10. The van der Waals surface area contributed by atoms with Crippen LogP contribution in [0.4, 0.5) is 0 Å². The van der Waals surface area contributed by atoms with Crippen LogP contribution >= 0.6 is 11.3 Å². The number of fused-ring (bicyclic) bond motifs is 2. The number of hydrogen-bond acceptors (Lipinski definition) is 3. The summed E-state index contributed by atoms with van der Waals surface area (Å²) in [6.45, 7) is 8.42. The first kappa shape index (κ1) is 15.1. The summed E-state index contributed by atoms with van der Waals surface area (Å²) in [5.41, 5.74) is 7.23. The maximum Gasteiger partial charge on any atom is 0.0813 e. The molecule has 0 aliphatic heterocycles. The van der Waals surface area contributed by atoms with Crippen LogP contribution in [0.5, 0.6) is 0 Å². The Morgan fingerprint density at radius 3 is 2.86 bits per heavy atom. The van der Waals surface area contributed by atoms with Crippen molar-refractivity contribution in [3.63, 3.8) is 0 Å². The Morgan fingerprint density at radius 2 is 2.24 bits per heavy atom. The summed E-state index contributed by atoms with van der Waals surface area (Å²) >= 11 is 1.73. The number of rotatable bonds is 3. The Balaban J connectivity index is 1.63. The van der Waals surface area contributed by atoms with Gasteiger partial charge in [-0.2, -0.15) is 0 Å². The Morgan fingerprint density at radius 1 is 1.43 bits per heavy atom. The normalized spacial score (nSPS) is 33.0. The van der Waals surface area contributed by atoms with Crippen molar-refractivity contribution in [2.24, 2.45) is 22.5 Å². The van der Waals surface area contributed by atoms with Crippen LogP contribution < -0.4 is 5.73 Å². The van der Waals surface area contributed by atoms with Crippen molar-refractivity contribution in [3.8, 4) is 11.8 Å². The molecule has 0 aromatic carbocycles. The van der Waals surface area contributed by atoms with Crippen molar-refractivity contribution in [2.45, 2.75) is 52.7 Å². The zero-order valence-electron chi connectivity index (χ0n) is 13.2. The molecule has 2 aliphatic carbocycles. The first-order valence-corrected chi connectivity index (χ1v) is 8.73. The predicted molar refractivity (Wildman–Crippen MR) is 88.1 cm³/mol. The molecule has 3 heteroatoms. The zero-order chi connectivity index (χ0) is 15.1. The Labute approximate surface area is 132 Å². The summed E-state index contributed by atoms with van der Waals surface area (Å²) in [4.78, 5) is 1.26. The summed E-state index contributed by atoms with van der Waals surface area (Å²) in [5.74, 6) is 6.81. The van der Waals surface area contributed by atoms with Gasteiger partial charge in [-0.15, -0.1) is 11.3 Å². The molecule has 2 aliphatic rings. The maximum atomic E-state index is 6.32. The van der Waals surface area contributed by atoms with E-state index in [4.69, 9.17) is 10.5 Å². The monoisotopic (exact) mass is 303 g/mol. The van der Waals surface area contributed by atoms with E-state index in [9.17, 15) is 0 Å². The van der Waals surface area contributed by atoms with Gasteiger partial charge in [0.05, 0.1) is 19.3 Å². The third-order valence-corrected chi connectivity index (χ3v) is 7.04. The lowest BCUT2D eigenvalue weighted by molar-refractivity contribution is -0.0542. The van der Waals surface area contributed by atoms with Gasteiger partial charge in [-0.25, -0.2) is 0 Å². The molecule has 2 N–H and O–H groups in total. The van der Waals surface area contributed by atoms with Crippen LogP contribution in [0.15, 0.2) is 11.4 Å². The van der Waals surface area contributed by atoms with Gasteiger partial charge in [0.2, 0.25) is 0 Å². The van der Waals surface area contributed by atoms with Crippen LogP contribution in [0.25, 0.3) is 0 Å². The van der Waals surface area contributed by atoms with Gasteiger partial charge in [0.15, 0.2) is 0 Å². The van der Waals surface area contributed by atoms with Gasteiger partial charge in [-0.3, -0.25) is 0 Å². The van der Waals surface area contributed by atoms with E-state index in [2.05, 4.69) is 44.1 Å². The van der Waals surface area contributed by atoms with Gasteiger partial charge in [0, 0.05) is 15.8 Å². The van der Waals surface area contributed by atoms with E-state index in [1.54, 1.807) is 11.3 Å². The molecule has 21 heavy (non-hydrogen) atoms. The second-order valence-electron chi connectivity index (χ2n) is 7.22. The molecule has 0 spiro atoms. The topological polar surface area (TPSA) is 35.2 Å². The summed E-state index contributed by atoms with van der Waals surface area (Å²) < 4.78 is 6.32. The molecule has 1 aromatic rings. The van der Waals surface area contributed by atoms with Crippen LogP contribution in [-0.2, 0) is 11.3 Å². The van der Waals surface area contributed by atoms with E-state index in [1.807, 2.05) is 0 Å². The van der Waals surface area contributed by atoms with Crippen molar-refractivity contribution in [3.05, 3.63) is 21.9 Å². The van der Waals surface area contributed by atoms with Crippen molar-refractivity contribution >= 4 is 11.3 Å². The SMILES string of the molecule is CC1(C)C2CCC1(C)C(OCc1cc(C#CCN)cs1)C2. The van der Waals surface area contributed by atoms with Crippen LogP contribution in [0, 0.1) is 28.6 Å². The molecule has 0 amide bonds. The van der Waals surface area contributed by atoms with Crippen LogP contribution in [0.2, 0.25) is 0 Å². The summed E-state index contributed by atoms with van der Waals surface area (Å²) in [5, 5.41) is 2.09. The molecule has 2 nitrogen and oxygen atoms in total. The molecule has 3 atom stereocenters. The highest BCUT2D eigenvalue weighted by Gasteiger charge is 2.61. The quantitative estimate of drug-likeness (QED) is 0.862. The smallest absolute Gasteiger partial charge is 0.0813 e. The largest absolute Gasteiger partial charge is 0.372 e. The van der Waals surface area contributed by atoms with Crippen molar-refractivity contribution in [1.29, 1.82) is 0 Å². The summed E-state index contributed by atoms with van der Waals surface area (Å²) in [6, 6.07) is 2.13. The van der Waals surface area contributed by atoms with Crippen molar-refractivity contribution in [1.82, 2.24) is 0 Å². The molecular formula is C18H25NOS. The van der Waals surface area contributed by atoms with Crippen LogP contribution in [-0.4, -0.2) is 12.6 Å². The Kier molecular flexibility index (Phi) is 3.90. The fraction of sp³-hybridized carbons (Fsp3) is 0.667. The molecule has 2 fully saturated rings. The summed E-state index contributed by atoms with van der Waals surface area (Å²) in [6.07, 6.45) is 4.33. The number of nitrogens with two attached hydrogens (primary N) is 1. The Bertz CT molecular complexity index is 580. The molecule has 114 valence electrons. The number of ether oxygens (including phenoxy) is 1. The standard InChI is InChI=1S/C18H25NOS/c1-17(2)14-6-7-18(17,3)16(10-14)20-11-15-9-13(12-21-15)5-4-8-19/h9,12,14,16H,6-8,10-11,19H2,1-3H3. The van der Waals surface area contributed by atoms with Gasteiger partial charge in [0.25, 0.3) is 0 Å². The maximum absolute atomic E-state index is 6.32. The van der Waals surface area contributed by atoms with Crippen molar-refractivity contribution in [2.75, 3.05) is 6.54 Å². The molecule has 0 radical (unpaired) electrons. The molecule has 1 heterocycles. The average molecular weight is 303 g/mol. The minimum absolute atomic E-state index is 0.344. The van der Waals surface area contributed by atoms with E-state index in [1.165, 1.54) is 24.1 Å². The van der Waals surface area contributed by atoms with E-state index >= 15 is 0 Å². The molecule has 2 bridgehead atoms. The van der Waals surface area contributed by atoms with Crippen LogP contribution in [0.3, 0.4) is 0 Å². The summed E-state index contributed by atoms with van der Waals surface area (Å²) in [7, 11) is 0. The first-order valence-electron chi connectivity index (χ1n) is 7.85.